The van der Waals surface area contributed by atoms with Crippen molar-refractivity contribution in [1.29, 1.82) is 0 Å². The zero-order valence-corrected chi connectivity index (χ0v) is 25.4. The second-order valence-corrected chi connectivity index (χ2v) is 11.7. The van der Waals surface area contributed by atoms with Crippen molar-refractivity contribution in [2.45, 2.75) is 128 Å². The maximum Gasteiger partial charge on any atom is 0.333 e. The van der Waals surface area contributed by atoms with Crippen molar-refractivity contribution >= 4 is 23.7 Å². The van der Waals surface area contributed by atoms with E-state index < -0.39 is 0 Å². The molecule has 1 unspecified atom stereocenters. The SMILES string of the molecule is CCCCCCCC(CC)SCCCNC(=O)NNC(=O)CCCCCCCCCCOc1ccc(O)cc1. The van der Waals surface area contributed by atoms with Crippen LogP contribution in [0.3, 0.4) is 0 Å². The fraction of sp³-hybridized carbons (Fsp3) is 0.742. The van der Waals surface area contributed by atoms with Crippen molar-refractivity contribution in [3.05, 3.63) is 24.3 Å². The highest BCUT2D eigenvalue weighted by molar-refractivity contribution is 7.99. The molecule has 0 spiro atoms. The summed E-state index contributed by atoms with van der Waals surface area (Å²) in [6, 6.07) is 6.48. The molecule has 0 heterocycles. The number of ether oxygens (including phenoxy) is 1. The van der Waals surface area contributed by atoms with E-state index in [0.717, 1.165) is 55.3 Å². The number of phenols is 1. The van der Waals surface area contributed by atoms with Crippen LogP contribution in [0.25, 0.3) is 0 Å². The largest absolute Gasteiger partial charge is 0.508 e. The number of benzene rings is 1. The fourth-order valence-electron chi connectivity index (χ4n) is 4.32. The summed E-state index contributed by atoms with van der Waals surface area (Å²) in [5.41, 5.74) is 4.96. The maximum atomic E-state index is 11.9. The van der Waals surface area contributed by atoms with Crippen LogP contribution in [0.2, 0.25) is 0 Å². The van der Waals surface area contributed by atoms with Gasteiger partial charge >= 0.3 is 6.03 Å². The molecule has 7 nitrogen and oxygen atoms in total. The van der Waals surface area contributed by atoms with Gasteiger partial charge in [-0.05, 0) is 62.1 Å². The number of hydrazine groups is 1. The number of carbonyl (C=O) groups is 2. The van der Waals surface area contributed by atoms with Crippen LogP contribution in [0.15, 0.2) is 24.3 Å². The van der Waals surface area contributed by atoms with Gasteiger partial charge in [-0.2, -0.15) is 11.8 Å². The Labute approximate surface area is 242 Å². The number of hydrogen-bond acceptors (Lipinski definition) is 5. The average Bonchev–Trinajstić information content (AvgIpc) is 2.94. The monoisotopic (exact) mass is 565 g/mol. The number of carbonyl (C=O) groups excluding carboxylic acids is 2. The molecule has 0 aliphatic heterocycles. The summed E-state index contributed by atoms with van der Waals surface area (Å²) in [6.45, 7) is 5.83. The third kappa shape index (κ3) is 21.4. The molecule has 0 saturated carbocycles. The van der Waals surface area contributed by atoms with Gasteiger partial charge in [0.2, 0.25) is 5.91 Å². The highest BCUT2D eigenvalue weighted by Gasteiger charge is 2.07. The van der Waals surface area contributed by atoms with E-state index in [-0.39, 0.29) is 17.7 Å². The lowest BCUT2D eigenvalue weighted by atomic mass is 10.1. The first-order chi connectivity index (χ1) is 19.0. The Morgan fingerprint density at radius 2 is 1.46 bits per heavy atom. The molecule has 0 aliphatic rings. The van der Waals surface area contributed by atoms with E-state index >= 15 is 0 Å². The van der Waals surface area contributed by atoms with E-state index in [4.69, 9.17) is 4.74 Å². The fourth-order valence-corrected chi connectivity index (χ4v) is 5.53. The Bertz CT molecular complexity index is 733. The summed E-state index contributed by atoms with van der Waals surface area (Å²) in [5.74, 6) is 1.96. The second-order valence-electron chi connectivity index (χ2n) is 10.3. The van der Waals surface area contributed by atoms with Gasteiger partial charge in [0.05, 0.1) is 6.61 Å². The number of thioether (sulfide) groups is 1. The first-order valence-electron chi connectivity index (χ1n) is 15.4. The third-order valence-corrected chi connectivity index (χ3v) is 8.33. The first kappa shape index (κ1) is 34.9. The number of aromatic hydroxyl groups is 1. The molecule has 0 aromatic heterocycles. The van der Waals surface area contributed by atoms with Crippen LogP contribution in [-0.4, -0.2) is 41.2 Å². The zero-order chi connectivity index (χ0) is 28.4. The normalized spacial score (nSPS) is 11.6. The number of nitrogens with one attached hydrogen (secondary N) is 3. The van der Waals surface area contributed by atoms with Crippen molar-refractivity contribution in [1.82, 2.24) is 16.2 Å². The molecule has 1 atom stereocenters. The van der Waals surface area contributed by atoms with E-state index in [1.165, 1.54) is 64.2 Å². The molecule has 1 rings (SSSR count). The number of hydrogen-bond donors (Lipinski definition) is 4. The van der Waals surface area contributed by atoms with Crippen molar-refractivity contribution < 1.29 is 19.4 Å². The van der Waals surface area contributed by atoms with Crippen LogP contribution in [0.4, 0.5) is 4.79 Å². The number of phenolic OH excluding ortho intramolecular Hbond substituents is 1. The molecule has 0 radical (unpaired) electrons. The molecule has 4 N–H and O–H groups in total. The van der Waals surface area contributed by atoms with Gasteiger partial charge < -0.3 is 15.2 Å². The standard InChI is InChI=1S/C31H55N3O4S/c1-3-5-6-11-14-18-29(4-2)39-26-17-24-32-31(37)34-33-30(36)19-15-12-9-7-8-10-13-16-25-38-28-22-20-27(35)21-23-28/h20-23,29,35H,3-19,24-26H2,1-2H3,(H,33,36)(H2,32,34,37). The Kier molecular flexibility index (Phi) is 22.3. The molecule has 0 bridgehead atoms. The van der Waals surface area contributed by atoms with Crippen LogP contribution in [0, 0.1) is 0 Å². The van der Waals surface area contributed by atoms with Crippen LogP contribution in [0.1, 0.15) is 123 Å². The second kappa shape index (κ2) is 24.9. The minimum absolute atomic E-state index is 0.140. The minimum atomic E-state index is -0.343. The minimum Gasteiger partial charge on any atom is -0.508 e. The molecule has 8 heteroatoms. The van der Waals surface area contributed by atoms with Gasteiger partial charge in [0.15, 0.2) is 0 Å². The van der Waals surface area contributed by atoms with E-state index in [2.05, 4.69) is 30.0 Å². The van der Waals surface area contributed by atoms with Crippen molar-refractivity contribution in [3.63, 3.8) is 0 Å². The van der Waals surface area contributed by atoms with Gasteiger partial charge in [-0.3, -0.25) is 10.2 Å². The summed E-state index contributed by atoms with van der Waals surface area (Å²) in [4.78, 5) is 23.8. The molecule has 224 valence electrons. The summed E-state index contributed by atoms with van der Waals surface area (Å²) < 4.78 is 5.66. The van der Waals surface area contributed by atoms with Crippen molar-refractivity contribution in [2.75, 3.05) is 18.9 Å². The molecule has 0 saturated heterocycles. The number of unbranched alkanes of at least 4 members (excludes halogenated alkanes) is 11. The van der Waals surface area contributed by atoms with Gasteiger partial charge in [-0.25, -0.2) is 10.2 Å². The average molecular weight is 566 g/mol. The quantitative estimate of drug-likeness (QED) is 0.0755. The molecule has 0 fully saturated rings. The predicted molar refractivity (Wildman–Crippen MR) is 164 cm³/mol. The molecule has 1 aromatic carbocycles. The molecular formula is C31H55N3O4S. The van der Waals surface area contributed by atoms with Crippen molar-refractivity contribution in [2.24, 2.45) is 0 Å². The Balaban J connectivity index is 1.86. The van der Waals surface area contributed by atoms with Gasteiger partial charge in [-0.1, -0.05) is 84.5 Å². The summed E-state index contributed by atoms with van der Waals surface area (Å²) in [5, 5.41) is 12.8. The van der Waals surface area contributed by atoms with Gasteiger partial charge in [0.1, 0.15) is 11.5 Å². The topological polar surface area (TPSA) is 99.7 Å². The third-order valence-electron chi connectivity index (χ3n) is 6.76. The molecule has 3 amide bonds. The smallest absolute Gasteiger partial charge is 0.333 e. The number of rotatable bonds is 24. The summed E-state index contributed by atoms with van der Waals surface area (Å²) >= 11 is 2.02. The highest BCUT2D eigenvalue weighted by Crippen LogP contribution is 2.22. The van der Waals surface area contributed by atoms with Crippen LogP contribution >= 0.6 is 11.8 Å². The lowest BCUT2D eigenvalue weighted by molar-refractivity contribution is -0.121. The van der Waals surface area contributed by atoms with Crippen LogP contribution in [-0.2, 0) is 4.79 Å². The van der Waals surface area contributed by atoms with Crippen molar-refractivity contribution in [3.8, 4) is 11.5 Å². The Hall–Kier alpha value is -2.09. The van der Waals surface area contributed by atoms with Gasteiger partial charge in [0.25, 0.3) is 0 Å². The molecule has 1 aromatic rings. The van der Waals surface area contributed by atoms with Gasteiger partial charge in [-0.15, -0.1) is 0 Å². The maximum absolute atomic E-state index is 11.9. The predicted octanol–water partition coefficient (Wildman–Crippen LogP) is 7.87. The first-order valence-corrected chi connectivity index (χ1v) is 16.5. The zero-order valence-electron chi connectivity index (χ0n) is 24.6. The number of amides is 3. The van der Waals surface area contributed by atoms with E-state index in [0.29, 0.717) is 19.6 Å². The highest BCUT2D eigenvalue weighted by atomic mass is 32.2. The van der Waals surface area contributed by atoms with E-state index in [1.54, 1.807) is 24.3 Å². The lowest BCUT2D eigenvalue weighted by Gasteiger charge is -2.14. The van der Waals surface area contributed by atoms with Gasteiger partial charge in [0, 0.05) is 18.2 Å². The Morgan fingerprint density at radius 3 is 2.15 bits per heavy atom. The van der Waals surface area contributed by atoms with Crippen LogP contribution in [0.5, 0.6) is 11.5 Å². The summed E-state index contributed by atoms with van der Waals surface area (Å²) in [6.07, 6.45) is 19.3. The van der Waals surface area contributed by atoms with E-state index in [9.17, 15) is 14.7 Å². The number of urea groups is 1. The lowest BCUT2D eigenvalue weighted by Crippen LogP contribution is -2.47. The Morgan fingerprint density at radius 1 is 0.821 bits per heavy atom. The molecule has 39 heavy (non-hydrogen) atoms. The molecular weight excluding hydrogens is 510 g/mol. The summed E-state index contributed by atoms with van der Waals surface area (Å²) in [7, 11) is 0. The molecule has 0 aliphatic carbocycles. The van der Waals surface area contributed by atoms with Crippen LogP contribution < -0.4 is 20.9 Å². The van der Waals surface area contributed by atoms with E-state index in [1.807, 2.05) is 11.8 Å².